The zero-order valence-electron chi connectivity index (χ0n) is 11.2. The Morgan fingerprint density at radius 3 is 1.87 bits per heavy atom. The van der Waals surface area contributed by atoms with Crippen LogP contribution in [0.1, 0.15) is 34.6 Å². The lowest BCUT2D eigenvalue weighted by atomic mass is 9.96. The van der Waals surface area contributed by atoms with Gasteiger partial charge in [0.2, 0.25) is 0 Å². The number of hydrogen-bond donors (Lipinski definition) is 0. The van der Waals surface area contributed by atoms with Gasteiger partial charge >= 0.3 is 0 Å². The molecule has 0 aliphatic carbocycles. The van der Waals surface area contributed by atoms with E-state index in [1.54, 1.807) is 0 Å². The summed E-state index contributed by atoms with van der Waals surface area (Å²) in [6.07, 6.45) is -0.0904. The van der Waals surface area contributed by atoms with E-state index in [0.29, 0.717) is 18.6 Å². The van der Waals surface area contributed by atoms with Crippen LogP contribution < -0.4 is 0 Å². The molecule has 0 atom stereocenters. The highest BCUT2D eigenvalue weighted by Crippen LogP contribution is 2.14. The van der Waals surface area contributed by atoms with Crippen LogP contribution in [0.5, 0.6) is 0 Å². The van der Waals surface area contributed by atoms with Crippen molar-refractivity contribution in [1.82, 2.24) is 4.90 Å². The molecule has 0 aliphatic heterocycles. The Kier molecular flexibility index (Phi) is 7.14. The standard InChI is InChI=1S/C12H27NO2/c1-7-14-11(15-8-2)9-13(6)10-12(3,4)5/h11H,7-10H2,1-6H3. The number of nitrogens with zero attached hydrogens (tertiary/aromatic N) is 1. The minimum absolute atomic E-state index is 0.0904. The first-order valence-corrected chi connectivity index (χ1v) is 5.80. The van der Waals surface area contributed by atoms with Crippen molar-refractivity contribution in [3.05, 3.63) is 0 Å². The summed E-state index contributed by atoms with van der Waals surface area (Å²) in [5.41, 5.74) is 0.317. The lowest BCUT2D eigenvalue weighted by molar-refractivity contribution is -0.146. The van der Waals surface area contributed by atoms with Crippen molar-refractivity contribution in [3.8, 4) is 0 Å². The molecule has 0 heterocycles. The van der Waals surface area contributed by atoms with Crippen LogP contribution in [0, 0.1) is 5.41 Å². The van der Waals surface area contributed by atoms with E-state index in [1.807, 2.05) is 13.8 Å². The predicted octanol–water partition coefficient (Wildman–Crippen LogP) is 2.36. The van der Waals surface area contributed by atoms with E-state index < -0.39 is 0 Å². The molecule has 15 heavy (non-hydrogen) atoms. The average Bonchev–Trinajstić information content (AvgIpc) is 2.00. The van der Waals surface area contributed by atoms with E-state index in [-0.39, 0.29) is 6.29 Å². The van der Waals surface area contributed by atoms with Crippen molar-refractivity contribution in [3.63, 3.8) is 0 Å². The van der Waals surface area contributed by atoms with E-state index in [9.17, 15) is 0 Å². The zero-order valence-corrected chi connectivity index (χ0v) is 11.2. The summed E-state index contributed by atoms with van der Waals surface area (Å²) in [7, 11) is 2.11. The van der Waals surface area contributed by atoms with Crippen molar-refractivity contribution in [1.29, 1.82) is 0 Å². The first kappa shape index (κ1) is 14.9. The Balaban J connectivity index is 3.93. The van der Waals surface area contributed by atoms with Crippen LogP contribution in [0.25, 0.3) is 0 Å². The van der Waals surface area contributed by atoms with Crippen LogP contribution in [0.3, 0.4) is 0 Å². The number of hydrogen-bond acceptors (Lipinski definition) is 3. The maximum Gasteiger partial charge on any atom is 0.170 e. The summed E-state index contributed by atoms with van der Waals surface area (Å²) >= 11 is 0. The summed E-state index contributed by atoms with van der Waals surface area (Å²) < 4.78 is 11.0. The first-order chi connectivity index (χ1) is 6.89. The SMILES string of the molecule is CCOC(CN(C)CC(C)(C)C)OCC. The van der Waals surface area contributed by atoms with Crippen molar-refractivity contribution < 1.29 is 9.47 Å². The maximum absolute atomic E-state index is 5.50. The Hall–Kier alpha value is -0.120. The van der Waals surface area contributed by atoms with Gasteiger partial charge in [-0.15, -0.1) is 0 Å². The fraction of sp³-hybridized carbons (Fsp3) is 1.00. The molecule has 0 radical (unpaired) electrons. The highest BCUT2D eigenvalue weighted by atomic mass is 16.7. The second-order valence-electron chi connectivity index (χ2n) is 5.10. The number of ether oxygens (including phenoxy) is 2. The Labute approximate surface area is 94.7 Å². The smallest absolute Gasteiger partial charge is 0.170 e. The van der Waals surface area contributed by atoms with Crippen LogP contribution in [0.2, 0.25) is 0 Å². The molecule has 0 N–H and O–H groups in total. The van der Waals surface area contributed by atoms with Crippen LogP contribution >= 0.6 is 0 Å². The molecule has 3 heteroatoms. The largest absolute Gasteiger partial charge is 0.352 e. The molecule has 92 valence electrons. The third-order valence-electron chi connectivity index (χ3n) is 1.91. The van der Waals surface area contributed by atoms with Crippen LogP contribution in [0.4, 0.5) is 0 Å². The van der Waals surface area contributed by atoms with Crippen molar-refractivity contribution in [2.45, 2.75) is 40.9 Å². The topological polar surface area (TPSA) is 21.7 Å². The minimum Gasteiger partial charge on any atom is -0.352 e. The molecular formula is C12H27NO2. The van der Waals surface area contributed by atoms with Gasteiger partial charge in [0.15, 0.2) is 6.29 Å². The van der Waals surface area contributed by atoms with E-state index in [1.165, 1.54) is 0 Å². The normalized spacial score (nSPS) is 12.8. The second-order valence-corrected chi connectivity index (χ2v) is 5.10. The monoisotopic (exact) mass is 217 g/mol. The Bertz CT molecular complexity index is 148. The van der Waals surface area contributed by atoms with Gasteiger partial charge in [-0.05, 0) is 26.3 Å². The molecule has 0 aliphatic rings. The molecule has 3 nitrogen and oxygen atoms in total. The van der Waals surface area contributed by atoms with Crippen molar-refractivity contribution in [2.24, 2.45) is 5.41 Å². The van der Waals surface area contributed by atoms with Gasteiger partial charge in [-0.2, -0.15) is 0 Å². The molecule has 0 unspecified atom stereocenters. The van der Waals surface area contributed by atoms with Crippen molar-refractivity contribution >= 4 is 0 Å². The molecule has 0 amide bonds. The van der Waals surface area contributed by atoms with E-state index in [4.69, 9.17) is 9.47 Å². The number of likely N-dealkylation sites (N-methyl/N-ethyl adjacent to an activating group) is 1. The van der Waals surface area contributed by atoms with Gasteiger partial charge in [-0.25, -0.2) is 0 Å². The fourth-order valence-corrected chi connectivity index (χ4v) is 1.65. The van der Waals surface area contributed by atoms with Gasteiger partial charge in [-0.3, -0.25) is 0 Å². The fourth-order valence-electron chi connectivity index (χ4n) is 1.65. The van der Waals surface area contributed by atoms with Gasteiger partial charge in [0.1, 0.15) is 0 Å². The molecule has 0 spiro atoms. The van der Waals surface area contributed by atoms with E-state index >= 15 is 0 Å². The zero-order chi connectivity index (χ0) is 11.9. The molecular weight excluding hydrogens is 190 g/mol. The third-order valence-corrected chi connectivity index (χ3v) is 1.91. The van der Waals surface area contributed by atoms with Gasteiger partial charge < -0.3 is 14.4 Å². The molecule has 0 saturated carbocycles. The summed E-state index contributed by atoms with van der Waals surface area (Å²) in [4.78, 5) is 2.26. The van der Waals surface area contributed by atoms with Crippen molar-refractivity contribution in [2.75, 3.05) is 33.4 Å². The summed E-state index contributed by atoms with van der Waals surface area (Å²) in [6, 6.07) is 0. The molecule has 0 bridgehead atoms. The van der Waals surface area contributed by atoms with Gasteiger partial charge in [0, 0.05) is 26.3 Å². The first-order valence-electron chi connectivity index (χ1n) is 5.80. The summed E-state index contributed by atoms with van der Waals surface area (Å²) in [6.45, 7) is 14.0. The molecule has 0 aromatic rings. The molecule has 0 aromatic carbocycles. The summed E-state index contributed by atoms with van der Waals surface area (Å²) in [5, 5.41) is 0. The molecule has 0 aromatic heterocycles. The summed E-state index contributed by atoms with van der Waals surface area (Å²) in [5.74, 6) is 0. The Morgan fingerprint density at radius 2 is 1.53 bits per heavy atom. The maximum atomic E-state index is 5.50. The predicted molar refractivity (Wildman–Crippen MR) is 64.0 cm³/mol. The second kappa shape index (κ2) is 7.20. The highest BCUT2D eigenvalue weighted by Gasteiger charge is 2.17. The van der Waals surface area contributed by atoms with Crippen LogP contribution in [-0.4, -0.2) is 44.5 Å². The minimum atomic E-state index is -0.0904. The average molecular weight is 217 g/mol. The van der Waals surface area contributed by atoms with E-state index in [2.05, 4.69) is 32.7 Å². The van der Waals surface area contributed by atoms with Crippen LogP contribution in [0.15, 0.2) is 0 Å². The molecule has 0 rings (SSSR count). The van der Waals surface area contributed by atoms with Gasteiger partial charge in [0.25, 0.3) is 0 Å². The lowest BCUT2D eigenvalue weighted by Gasteiger charge is -2.29. The highest BCUT2D eigenvalue weighted by molar-refractivity contribution is 4.67. The molecule has 0 saturated heterocycles. The lowest BCUT2D eigenvalue weighted by Crippen LogP contribution is -2.37. The van der Waals surface area contributed by atoms with Gasteiger partial charge in [-0.1, -0.05) is 20.8 Å². The molecule has 0 fully saturated rings. The third kappa shape index (κ3) is 8.85. The Morgan fingerprint density at radius 1 is 1.07 bits per heavy atom. The van der Waals surface area contributed by atoms with Crippen LogP contribution in [-0.2, 0) is 9.47 Å². The van der Waals surface area contributed by atoms with E-state index in [0.717, 1.165) is 13.1 Å². The number of rotatable bonds is 7. The quantitative estimate of drug-likeness (QED) is 0.611. The van der Waals surface area contributed by atoms with Gasteiger partial charge in [0.05, 0.1) is 0 Å².